The highest BCUT2D eigenvalue weighted by Crippen LogP contribution is 2.25. The van der Waals surface area contributed by atoms with Crippen LogP contribution in [0.1, 0.15) is 26.2 Å². The van der Waals surface area contributed by atoms with E-state index in [1.165, 1.54) is 36.5 Å². The molecular weight excluding hydrogens is 500 g/mol. The molecule has 39 heavy (non-hydrogen) atoms. The number of hydrogen-bond acceptors (Lipinski definition) is 7. The lowest BCUT2D eigenvalue weighted by Gasteiger charge is -2.31. The lowest BCUT2D eigenvalue weighted by atomic mass is 9.85. The predicted octanol–water partition coefficient (Wildman–Crippen LogP) is 2.77. The summed E-state index contributed by atoms with van der Waals surface area (Å²) in [7, 11) is 0. The summed E-state index contributed by atoms with van der Waals surface area (Å²) in [5.74, 6) is -2.06. The summed E-state index contributed by atoms with van der Waals surface area (Å²) in [4.78, 5) is 47.7. The van der Waals surface area contributed by atoms with E-state index in [9.17, 15) is 34.5 Å². The first-order valence-corrected chi connectivity index (χ1v) is 12.2. The average Bonchev–Trinajstić information content (AvgIpc) is 3.20. The third-order valence-corrected chi connectivity index (χ3v) is 5.41. The molecule has 9 nitrogen and oxygen atoms in total. The van der Waals surface area contributed by atoms with Gasteiger partial charge in [0.15, 0.2) is 11.6 Å². The molecule has 2 aliphatic rings. The minimum atomic E-state index is -1.87. The van der Waals surface area contributed by atoms with Crippen LogP contribution in [0, 0.1) is 0 Å². The molecule has 0 heterocycles. The van der Waals surface area contributed by atoms with Crippen LogP contribution in [0.15, 0.2) is 120 Å². The van der Waals surface area contributed by atoms with Gasteiger partial charge in [0.05, 0.1) is 11.8 Å². The van der Waals surface area contributed by atoms with Gasteiger partial charge in [-0.2, -0.15) is 0 Å². The highest BCUT2D eigenvalue weighted by molar-refractivity contribution is 6.03. The van der Waals surface area contributed by atoms with Crippen molar-refractivity contribution < 1.29 is 34.5 Å². The fraction of sp³-hybridized carbons (Fsp3) is 0.200. The van der Waals surface area contributed by atoms with Crippen molar-refractivity contribution in [1.29, 1.82) is 0 Å². The molecule has 2 rings (SSSR count). The van der Waals surface area contributed by atoms with Gasteiger partial charge in [0.2, 0.25) is 11.8 Å². The summed E-state index contributed by atoms with van der Waals surface area (Å²) < 4.78 is 0. The first-order chi connectivity index (χ1) is 18.7. The number of aliphatic hydroxyl groups is 3. The van der Waals surface area contributed by atoms with Crippen molar-refractivity contribution >= 4 is 23.4 Å². The molecule has 0 spiro atoms. The van der Waals surface area contributed by atoms with Gasteiger partial charge in [-0.05, 0) is 19.1 Å². The molecule has 5 N–H and O–H groups in total. The van der Waals surface area contributed by atoms with Crippen molar-refractivity contribution in [2.24, 2.45) is 0 Å². The number of allylic oxidation sites excluding steroid dienone is 16. The number of nitrogens with one attached hydrogen (secondary N) is 2. The topological polar surface area (TPSA) is 153 Å². The molecule has 0 unspecified atom stereocenters. The van der Waals surface area contributed by atoms with Gasteiger partial charge in [-0.15, -0.1) is 0 Å². The molecule has 0 saturated carbocycles. The highest BCUT2D eigenvalue weighted by Gasteiger charge is 2.38. The van der Waals surface area contributed by atoms with Crippen molar-refractivity contribution in [2.45, 2.75) is 37.9 Å². The second-order valence-corrected chi connectivity index (χ2v) is 8.45. The van der Waals surface area contributed by atoms with Crippen LogP contribution in [0.2, 0.25) is 0 Å². The van der Waals surface area contributed by atoms with Crippen LogP contribution < -0.4 is 10.6 Å². The maximum absolute atomic E-state index is 12.2. The van der Waals surface area contributed by atoms with Crippen molar-refractivity contribution in [3.05, 3.63) is 120 Å². The number of aliphatic hydroxyl groups excluding tert-OH is 2. The van der Waals surface area contributed by atoms with Gasteiger partial charge >= 0.3 is 0 Å². The van der Waals surface area contributed by atoms with E-state index < -0.39 is 29.3 Å². The minimum absolute atomic E-state index is 0.0718. The maximum Gasteiger partial charge on any atom is 0.248 e. The third kappa shape index (κ3) is 10.4. The summed E-state index contributed by atoms with van der Waals surface area (Å²) in [6.07, 6.45) is 24.9. The molecule has 2 aliphatic carbocycles. The number of Topliss-reactive ketones (excluding diaryl/α,β-unsaturated/α-hetero) is 2. The standard InChI is InChI=1S/C30H32N2O7/c1-2-3-4-5-6-9-12-15-27(37)31-22-21-30(39,26(36)20-25(22)35)19-14-11-8-7-10-13-16-28(38)32-29-23(33)17-18-24(29)34/h2-16,19,21,26,33,36,39H,17-18,20H2,1H3,(H,31,37)(H,32,38)/b3-2+,5-4+,9-6+,10-7+,11-8+,15-12+,16-13+,19-14+/t26-,30+/m0/s1. The van der Waals surface area contributed by atoms with E-state index in [-0.39, 0.29) is 42.2 Å². The molecule has 0 fully saturated rings. The zero-order valence-corrected chi connectivity index (χ0v) is 21.5. The fourth-order valence-electron chi connectivity index (χ4n) is 3.37. The minimum Gasteiger partial charge on any atom is -0.510 e. The molecule has 0 radical (unpaired) electrons. The van der Waals surface area contributed by atoms with Crippen LogP contribution in [-0.2, 0) is 19.2 Å². The first-order valence-electron chi connectivity index (χ1n) is 12.2. The lowest BCUT2D eigenvalue weighted by molar-refractivity contribution is -0.124. The quantitative estimate of drug-likeness (QED) is 0.203. The maximum atomic E-state index is 12.2. The van der Waals surface area contributed by atoms with Crippen molar-refractivity contribution in [2.75, 3.05) is 0 Å². The van der Waals surface area contributed by atoms with Gasteiger partial charge < -0.3 is 26.0 Å². The molecule has 0 aromatic carbocycles. The average molecular weight is 533 g/mol. The monoisotopic (exact) mass is 532 g/mol. The largest absolute Gasteiger partial charge is 0.510 e. The van der Waals surface area contributed by atoms with Gasteiger partial charge in [0.1, 0.15) is 17.1 Å². The van der Waals surface area contributed by atoms with Crippen LogP contribution in [0.4, 0.5) is 0 Å². The second kappa shape index (κ2) is 15.6. The molecule has 9 heteroatoms. The summed E-state index contributed by atoms with van der Waals surface area (Å²) in [5.41, 5.74) is -2.06. The number of ketones is 2. The Labute approximate surface area is 227 Å². The Bertz CT molecular complexity index is 1260. The van der Waals surface area contributed by atoms with Crippen LogP contribution >= 0.6 is 0 Å². The van der Waals surface area contributed by atoms with E-state index in [4.69, 9.17) is 0 Å². The van der Waals surface area contributed by atoms with E-state index >= 15 is 0 Å². The number of hydrogen-bond donors (Lipinski definition) is 5. The molecular formula is C30H32N2O7. The predicted molar refractivity (Wildman–Crippen MR) is 148 cm³/mol. The van der Waals surface area contributed by atoms with Crippen molar-refractivity contribution in [3.8, 4) is 0 Å². The first kappa shape index (κ1) is 30.6. The van der Waals surface area contributed by atoms with Crippen molar-refractivity contribution in [3.63, 3.8) is 0 Å². The SMILES string of the molecule is C/C=C/C=C/C=C/C=C/C(=O)NC1=C[C@](O)(/C=C/C=C/C=C/C=C/C(=O)NC2=C(O)CCC2=O)[C@@H](O)CC1=O. The summed E-state index contributed by atoms with van der Waals surface area (Å²) in [6.45, 7) is 1.89. The smallest absolute Gasteiger partial charge is 0.248 e. The van der Waals surface area contributed by atoms with Gasteiger partial charge in [-0.1, -0.05) is 79.0 Å². The van der Waals surface area contributed by atoms with E-state index in [0.717, 1.165) is 6.08 Å². The zero-order chi connectivity index (χ0) is 28.7. The van der Waals surface area contributed by atoms with E-state index in [1.807, 2.05) is 25.2 Å². The van der Waals surface area contributed by atoms with E-state index in [2.05, 4.69) is 10.6 Å². The highest BCUT2D eigenvalue weighted by atomic mass is 16.3. The summed E-state index contributed by atoms with van der Waals surface area (Å²) in [6, 6.07) is 0. The molecule has 0 aromatic heterocycles. The molecule has 0 aliphatic heterocycles. The number of carbonyl (C=O) groups is 4. The summed E-state index contributed by atoms with van der Waals surface area (Å²) >= 11 is 0. The molecule has 2 atom stereocenters. The molecule has 2 amide bonds. The Kier molecular flexibility index (Phi) is 12.3. The van der Waals surface area contributed by atoms with Crippen LogP contribution in [0.5, 0.6) is 0 Å². The van der Waals surface area contributed by atoms with Gasteiger partial charge in [-0.25, -0.2) is 0 Å². The lowest BCUT2D eigenvalue weighted by Crippen LogP contribution is -2.46. The Hall–Kier alpha value is -4.60. The van der Waals surface area contributed by atoms with Crippen LogP contribution in [-0.4, -0.2) is 50.4 Å². The second-order valence-electron chi connectivity index (χ2n) is 8.45. The normalized spacial score (nSPS) is 22.9. The van der Waals surface area contributed by atoms with Gasteiger partial charge in [0.25, 0.3) is 0 Å². The molecule has 204 valence electrons. The molecule has 0 saturated heterocycles. The Morgan fingerprint density at radius 3 is 1.92 bits per heavy atom. The van der Waals surface area contributed by atoms with Crippen LogP contribution in [0.3, 0.4) is 0 Å². The van der Waals surface area contributed by atoms with Crippen molar-refractivity contribution in [1.82, 2.24) is 10.6 Å². The third-order valence-electron chi connectivity index (χ3n) is 5.41. The Balaban J connectivity index is 1.91. The number of carbonyl (C=O) groups excluding carboxylic acids is 4. The van der Waals surface area contributed by atoms with Crippen LogP contribution in [0.25, 0.3) is 0 Å². The number of amides is 2. The Morgan fingerprint density at radius 1 is 0.821 bits per heavy atom. The van der Waals surface area contributed by atoms with E-state index in [1.54, 1.807) is 42.5 Å². The van der Waals surface area contributed by atoms with Gasteiger partial charge in [-0.3, -0.25) is 19.2 Å². The summed E-state index contributed by atoms with van der Waals surface area (Å²) in [5, 5.41) is 35.4. The zero-order valence-electron chi connectivity index (χ0n) is 21.5. The fourth-order valence-corrected chi connectivity index (χ4v) is 3.37. The Morgan fingerprint density at radius 2 is 1.36 bits per heavy atom. The number of rotatable bonds is 11. The molecule has 0 bridgehead atoms. The molecule has 0 aromatic rings. The van der Waals surface area contributed by atoms with Gasteiger partial charge in [0, 0.05) is 31.4 Å². The van der Waals surface area contributed by atoms with E-state index in [0.29, 0.717) is 0 Å².